The quantitative estimate of drug-likeness (QED) is 0.565. The minimum atomic E-state index is -0.648. The summed E-state index contributed by atoms with van der Waals surface area (Å²) in [6.07, 6.45) is 0.972. The molecule has 2 heterocycles. The number of ether oxygens (including phenoxy) is 1. The van der Waals surface area contributed by atoms with E-state index in [4.69, 9.17) is 9.15 Å². The molecule has 0 aliphatic carbocycles. The molecule has 27 heavy (non-hydrogen) atoms. The number of furan rings is 1. The highest BCUT2D eigenvalue weighted by Crippen LogP contribution is 2.29. The Labute approximate surface area is 158 Å². The molecule has 0 radical (unpaired) electrons. The molecule has 0 bridgehead atoms. The van der Waals surface area contributed by atoms with Crippen molar-refractivity contribution in [1.82, 2.24) is 9.88 Å². The van der Waals surface area contributed by atoms with Gasteiger partial charge in [0.05, 0.1) is 12.8 Å². The normalized spacial score (nSPS) is 12.4. The Morgan fingerprint density at radius 1 is 1.37 bits per heavy atom. The molecule has 0 amide bonds. The van der Waals surface area contributed by atoms with Gasteiger partial charge in [-0.1, -0.05) is 0 Å². The lowest BCUT2D eigenvalue weighted by Crippen LogP contribution is -2.31. The van der Waals surface area contributed by atoms with Crippen LogP contribution >= 0.6 is 0 Å². The van der Waals surface area contributed by atoms with Gasteiger partial charge in [-0.15, -0.1) is 0 Å². The van der Waals surface area contributed by atoms with E-state index < -0.39 is 6.10 Å². The molecule has 1 atom stereocenters. The van der Waals surface area contributed by atoms with Gasteiger partial charge in [0.15, 0.2) is 5.78 Å². The number of ketones is 1. The van der Waals surface area contributed by atoms with Crippen molar-refractivity contribution >= 4 is 16.7 Å². The number of aromatic nitrogens is 1. The van der Waals surface area contributed by atoms with Crippen LogP contribution in [0.25, 0.3) is 10.9 Å². The third-order valence-corrected chi connectivity index (χ3v) is 4.66. The second kappa shape index (κ2) is 8.41. The summed E-state index contributed by atoms with van der Waals surface area (Å²) in [6, 6.07) is 9.43. The van der Waals surface area contributed by atoms with Crippen molar-refractivity contribution in [2.24, 2.45) is 0 Å². The second-order valence-electron chi connectivity index (χ2n) is 6.61. The first-order chi connectivity index (χ1) is 13.0. The van der Waals surface area contributed by atoms with Crippen LogP contribution < -0.4 is 10.1 Å². The number of carbonyl (C=O) groups is 1. The van der Waals surface area contributed by atoms with Crippen molar-refractivity contribution < 1.29 is 19.1 Å². The first kappa shape index (κ1) is 19.2. The lowest BCUT2D eigenvalue weighted by molar-refractivity contribution is 0.101. The average Bonchev–Trinajstić information content (AvgIpc) is 3.24. The number of benzene rings is 1. The lowest BCUT2D eigenvalue weighted by Gasteiger charge is -2.13. The first-order valence-electron chi connectivity index (χ1n) is 9.19. The van der Waals surface area contributed by atoms with Crippen molar-refractivity contribution in [2.75, 3.05) is 13.2 Å². The predicted molar refractivity (Wildman–Crippen MR) is 104 cm³/mol. The molecular formula is C21H26N2O4. The van der Waals surface area contributed by atoms with Gasteiger partial charge in [0.25, 0.3) is 0 Å². The fourth-order valence-electron chi connectivity index (χ4n) is 3.43. The molecule has 0 aliphatic heterocycles. The van der Waals surface area contributed by atoms with Gasteiger partial charge in [-0.05, 0) is 51.1 Å². The van der Waals surface area contributed by atoms with Gasteiger partial charge in [0.2, 0.25) is 0 Å². The van der Waals surface area contributed by atoms with Crippen LogP contribution in [0.3, 0.4) is 0 Å². The van der Waals surface area contributed by atoms with E-state index in [2.05, 4.69) is 16.8 Å². The Morgan fingerprint density at radius 3 is 2.85 bits per heavy atom. The Bertz CT molecular complexity index is 912. The van der Waals surface area contributed by atoms with E-state index in [0.717, 1.165) is 34.5 Å². The zero-order valence-electron chi connectivity index (χ0n) is 16.0. The molecule has 3 aromatic rings. The summed E-state index contributed by atoms with van der Waals surface area (Å²) in [6.45, 7) is 7.54. The van der Waals surface area contributed by atoms with E-state index in [1.54, 1.807) is 13.2 Å². The van der Waals surface area contributed by atoms with Crippen molar-refractivity contribution in [3.8, 4) is 5.75 Å². The van der Waals surface area contributed by atoms with E-state index in [1.165, 1.54) is 0 Å². The number of fused-ring (bicyclic) bond motifs is 1. The van der Waals surface area contributed by atoms with Gasteiger partial charge in [-0.2, -0.15) is 0 Å². The molecule has 0 unspecified atom stereocenters. The molecule has 0 saturated heterocycles. The topological polar surface area (TPSA) is 76.6 Å². The summed E-state index contributed by atoms with van der Waals surface area (Å²) in [4.78, 5) is 12.1. The molecule has 2 N–H and O–H groups in total. The van der Waals surface area contributed by atoms with Crippen molar-refractivity contribution in [2.45, 2.75) is 40.0 Å². The number of aliphatic hydroxyl groups is 1. The fraction of sp³-hybridized carbons (Fsp3) is 0.381. The van der Waals surface area contributed by atoms with Crippen LogP contribution in [0.1, 0.15) is 35.7 Å². The lowest BCUT2D eigenvalue weighted by atomic mass is 10.1. The average molecular weight is 370 g/mol. The summed E-state index contributed by atoms with van der Waals surface area (Å²) >= 11 is 0. The number of rotatable bonds is 9. The smallest absolute Gasteiger partial charge is 0.162 e. The first-order valence-corrected chi connectivity index (χ1v) is 9.19. The van der Waals surface area contributed by atoms with Gasteiger partial charge >= 0.3 is 0 Å². The summed E-state index contributed by atoms with van der Waals surface area (Å²) in [7, 11) is 0. The molecule has 2 aromatic heterocycles. The van der Waals surface area contributed by atoms with Gasteiger partial charge in [-0.25, -0.2) is 0 Å². The zero-order chi connectivity index (χ0) is 19.4. The monoisotopic (exact) mass is 370 g/mol. The third-order valence-electron chi connectivity index (χ3n) is 4.66. The number of hydrogen-bond acceptors (Lipinski definition) is 5. The van der Waals surface area contributed by atoms with E-state index in [1.807, 2.05) is 37.3 Å². The summed E-state index contributed by atoms with van der Waals surface area (Å²) in [5, 5.41) is 14.1. The molecular weight excluding hydrogens is 344 g/mol. The zero-order valence-corrected chi connectivity index (χ0v) is 16.0. The molecule has 6 nitrogen and oxygen atoms in total. The minimum absolute atomic E-state index is 0.0454. The largest absolute Gasteiger partial charge is 0.491 e. The standard InChI is InChI=1S/C21H26N2O4/c1-4-23-14(2)21(15(3)24)19-10-17(7-8-20(19)23)27-13-16(25)11-22-12-18-6-5-9-26-18/h5-10,16,22,25H,4,11-13H2,1-3H3/t16-/m0/s1. The number of nitrogens with zero attached hydrogens (tertiary/aromatic N) is 1. The molecule has 3 rings (SSSR count). The number of hydrogen-bond donors (Lipinski definition) is 2. The maximum absolute atomic E-state index is 12.1. The van der Waals surface area contributed by atoms with E-state index >= 15 is 0 Å². The molecule has 144 valence electrons. The SMILES string of the molecule is CCn1c(C)c(C(C)=O)c2cc(OC[C@@H](O)CNCc3ccco3)ccc21. The highest BCUT2D eigenvalue weighted by Gasteiger charge is 2.17. The molecule has 0 aliphatic rings. The molecule has 1 aromatic carbocycles. The third kappa shape index (κ3) is 4.23. The van der Waals surface area contributed by atoms with Crippen LogP contribution in [0, 0.1) is 6.92 Å². The number of nitrogens with one attached hydrogen (secondary N) is 1. The van der Waals surface area contributed by atoms with Crippen molar-refractivity contribution in [1.29, 1.82) is 0 Å². The van der Waals surface area contributed by atoms with Crippen molar-refractivity contribution in [3.05, 3.63) is 53.6 Å². The number of aliphatic hydroxyl groups excluding tert-OH is 1. The Morgan fingerprint density at radius 2 is 2.19 bits per heavy atom. The van der Waals surface area contributed by atoms with Gasteiger partial charge < -0.3 is 24.1 Å². The van der Waals surface area contributed by atoms with Gasteiger partial charge in [0.1, 0.15) is 24.2 Å². The Balaban J connectivity index is 1.64. The van der Waals surface area contributed by atoms with Gasteiger partial charge in [-0.3, -0.25) is 4.79 Å². The summed E-state index contributed by atoms with van der Waals surface area (Å²) in [5.74, 6) is 1.51. The Kier molecular flexibility index (Phi) is 5.98. The highest BCUT2D eigenvalue weighted by atomic mass is 16.5. The predicted octanol–water partition coefficient (Wildman–Crippen LogP) is 3.29. The van der Waals surface area contributed by atoms with Crippen LogP contribution in [0.4, 0.5) is 0 Å². The van der Waals surface area contributed by atoms with Gasteiger partial charge in [0, 0.05) is 35.2 Å². The summed E-state index contributed by atoms with van der Waals surface area (Å²) < 4.78 is 13.1. The summed E-state index contributed by atoms with van der Waals surface area (Å²) in [5.41, 5.74) is 2.73. The minimum Gasteiger partial charge on any atom is -0.491 e. The molecule has 0 saturated carbocycles. The number of aryl methyl sites for hydroxylation is 1. The molecule has 6 heteroatoms. The van der Waals surface area contributed by atoms with E-state index in [0.29, 0.717) is 18.8 Å². The molecule has 0 fully saturated rings. The van der Waals surface area contributed by atoms with Crippen LogP contribution in [-0.4, -0.2) is 34.7 Å². The maximum atomic E-state index is 12.1. The van der Waals surface area contributed by atoms with E-state index in [9.17, 15) is 9.90 Å². The van der Waals surface area contributed by atoms with Crippen molar-refractivity contribution in [3.63, 3.8) is 0 Å². The maximum Gasteiger partial charge on any atom is 0.162 e. The molecule has 0 spiro atoms. The van der Waals surface area contributed by atoms with Crippen LogP contribution in [0.5, 0.6) is 5.75 Å². The Hall–Kier alpha value is -2.57. The fourth-order valence-corrected chi connectivity index (χ4v) is 3.43. The highest BCUT2D eigenvalue weighted by molar-refractivity contribution is 6.08. The number of carbonyl (C=O) groups excluding carboxylic acids is 1. The second-order valence-corrected chi connectivity index (χ2v) is 6.61. The van der Waals surface area contributed by atoms with Crippen LogP contribution in [-0.2, 0) is 13.1 Å². The van der Waals surface area contributed by atoms with Crippen LogP contribution in [0.15, 0.2) is 41.0 Å². The van der Waals surface area contributed by atoms with E-state index in [-0.39, 0.29) is 12.4 Å². The number of Topliss-reactive ketones (excluding diaryl/α,β-unsaturated/α-hetero) is 1. The van der Waals surface area contributed by atoms with Crippen LogP contribution in [0.2, 0.25) is 0 Å².